The zero-order valence-corrected chi connectivity index (χ0v) is 17.9. The average Bonchev–Trinajstić information content (AvgIpc) is 2.76. The number of hydrogen-bond acceptors (Lipinski definition) is 5. The van der Waals surface area contributed by atoms with Crippen LogP contribution in [0.1, 0.15) is 44.9 Å². The van der Waals surface area contributed by atoms with Crippen LogP contribution in [-0.2, 0) is 16.1 Å². The summed E-state index contributed by atoms with van der Waals surface area (Å²) in [5.74, 6) is -1.31. The first-order valence-corrected chi connectivity index (χ1v) is 10.4. The summed E-state index contributed by atoms with van der Waals surface area (Å²) in [5, 5.41) is 13.3. The molecule has 4 atom stereocenters. The Morgan fingerprint density at radius 1 is 1.03 bits per heavy atom. The van der Waals surface area contributed by atoms with Crippen LogP contribution in [-0.4, -0.2) is 39.3 Å². The fourth-order valence-corrected chi connectivity index (χ4v) is 3.81. The number of rotatable bonds is 6. The van der Waals surface area contributed by atoms with Crippen LogP contribution in [0.15, 0.2) is 60.7 Å². The van der Waals surface area contributed by atoms with Crippen molar-refractivity contribution in [1.29, 1.82) is 0 Å². The van der Waals surface area contributed by atoms with E-state index >= 15 is 0 Å². The molecule has 6 heteroatoms. The molecule has 0 radical (unpaired) electrons. The summed E-state index contributed by atoms with van der Waals surface area (Å²) in [5.41, 5.74) is 1.85. The molecule has 2 aromatic rings. The third-order valence-corrected chi connectivity index (χ3v) is 5.67. The second kappa shape index (κ2) is 9.41. The number of carbonyl (C=O) groups is 2. The maximum Gasteiger partial charge on any atom is 0.432 e. The molecule has 0 aliphatic carbocycles. The van der Waals surface area contributed by atoms with E-state index in [1.165, 1.54) is 0 Å². The first kappa shape index (κ1) is 22.0. The Kier molecular flexibility index (Phi) is 6.90. The van der Waals surface area contributed by atoms with Crippen molar-refractivity contribution in [3.05, 3.63) is 71.8 Å². The molecule has 0 saturated carbocycles. The first-order valence-electron chi connectivity index (χ1n) is 10.4. The van der Waals surface area contributed by atoms with Gasteiger partial charge in [-0.1, -0.05) is 81.4 Å². The van der Waals surface area contributed by atoms with Crippen molar-refractivity contribution in [2.75, 3.05) is 0 Å². The van der Waals surface area contributed by atoms with Crippen molar-refractivity contribution in [3.63, 3.8) is 0 Å². The van der Waals surface area contributed by atoms with Crippen LogP contribution in [0.4, 0.5) is 4.79 Å². The van der Waals surface area contributed by atoms with Crippen LogP contribution in [0.5, 0.6) is 0 Å². The molecule has 2 aromatic carbocycles. The van der Waals surface area contributed by atoms with Crippen molar-refractivity contribution in [3.8, 4) is 0 Å². The summed E-state index contributed by atoms with van der Waals surface area (Å²) in [6.45, 7) is 7.65. The summed E-state index contributed by atoms with van der Waals surface area (Å²) in [7, 11) is 0. The van der Waals surface area contributed by atoms with Crippen molar-refractivity contribution in [1.82, 2.24) is 10.0 Å². The molecule has 3 rings (SSSR count). The summed E-state index contributed by atoms with van der Waals surface area (Å²) in [4.78, 5) is 26.3. The number of aliphatic hydroxyl groups excluding tert-OH is 1. The number of ether oxygens (including phenoxy) is 1. The summed E-state index contributed by atoms with van der Waals surface area (Å²) < 4.78 is 5.72. The van der Waals surface area contributed by atoms with Gasteiger partial charge in [0.1, 0.15) is 6.10 Å². The summed E-state index contributed by atoms with van der Waals surface area (Å²) in [6.07, 6.45) is -2.08. The highest BCUT2D eigenvalue weighted by Gasteiger charge is 2.45. The number of imide groups is 1. The van der Waals surface area contributed by atoms with Gasteiger partial charge in [-0.3, -0.25) is 4.79 Å². The normalized spacial score (nSPS) is 21.9. The Bertz CT molecular complexity index is 856. The fraction of sp³-hybridized carbons (Fsp3) is 0.417. The van der Waals surface area contributed by atoms with Gasteiger partial charge in [0.05, 0.1) is 18.1 Å². The summed E-state index contributed by atoms with van der Waals surface area (Å²) >= 11 is 0. The van der Waals surface area contributed by atoms with Gasteiger partial charge >= 0.3 is 6.09 Å². The van der Waals surface area contributed by atoms with E-state index in [-0.39, 0.29) is 12.0 Å². The number of hydrazine groups is 1. The Labute approximate surface area is 178 Å². The summed E-state index contributed by atoms with van der Waals surface area (Å²) in [6, 6.07) is 18.9. The van der Waals surface area contributed by atoms with Gasteiger partial charge in [0.15, 0.2) is 0 Å². The number of amides is 2. The molecular formula is C24H30N2O4. The quantitative estimate of drug-likeness (QED) is 0.774. The lowest BCUT2D eigenvalue weighted by Crippen LogP contribution is -2.61. The van der Waals surface area contributed by atoms with E-state index in [0.29, 0.717) is 6.54 Å². The molecular weight excluding hydrogens is 380 g/mol. The van der Waals surface area contributed by atoms with Gasteiger partial charge in [-0.25, -0.2) is 4.79 Å². The number of aliphatic hydroxyl groups is 1. The minimum atomic E-state index is -0.856. The van der Waals surface area contributed by atoms with Crippen molar-refractivity contribution in [2.24, 2.45) is 11.8 Å². The van der Waals surface area contributed by atoms with Gasteiger partial charge in [0, 0.05) is 6.54 Å². The molecule has 0 spiro atoms. The third-order valence-electron chi connectivity index (χ3n) is 5.67. The molecule has 0 aromatic heterocycles. The van der Waals surface area contributed by atoms with E-state index in [1.54, 1.807) is 11.9 Å². The molecule has 0 unspecified atom stereocenters. The monoisotopic (exact) mass is 410 g/mol. The predicted molar refractivity (Wildman–Crippen MR) is 114 cm³/mol. The van der Waals surface area contributed by atoms with Crippen LogP contribution < -0.4 is 0 Å². The van der Waals surface area contributed by atoms with Crippen LogP contribution in [0.2, 0.25) is 0 Å². The Morgan fingerprint density at radius 2 is 1.60 bits per heavy atom. The van der Waals surface area contributed by atoms with Crippen LogP contribution in [0.3, 0.4) is 0 Å². The van der Waals surface area contributed by atoms with Crippen molar-refractivity contribution >= 4 is 12.0 Å². The molecule has 1 saturated heterocycles. The van der Waals surface area contributed by atoms with E-state index in [9.17, 15) is 14.7 Å². The van der Waals surface area contributed by atoms with Gasteiger partial charge in [-0.05, 0) is 24.0 Å². The van der Waals surface area contributed by atoms with Crippen molar-refractivity contribution < 1.29 is 19.4 Å². The highest BCUT2D eigenvalue weighted by atomic mass is 16.6. The largest absolute Gasteiger partial charge is 0.438 e. The number of cyclic esters (lactones) is 1. The van der Waals surface area contributed by atoms with E-state index in [0.717, 1.165) is 16.1 Å². The second-order valence-electron chi connectivity index (χ2n) is 8.21. The smallest absolute Gasteiger partial charge is 0.432 e. The van der Waals surface area contributed by atoms with Crippen LogP contribution in [0, 0.1) is 11.8 Å². The number of nitrogens with zero attached hydrogens (tertiary/aromatic N) is 2. The molecule has 0 bridgehead atoms. The minimum absolute atomic E-state index is 0.109. The van der Waals surface area contributed by atoms with Gasteiger partial charge in [-0.15, -0.1) is 0 Å². The lowest BCUT2D eigenvalue weighted by Gasteiger charge is -2.45. The molecule has 1 heterocycles. The highest BCUT2D eigenvalue weighted by Crippen LogP contribution is 2.34. The Balaban J connectivity index is 1.95. The molecule has 30 heavy (non-hydrogen) atoms. The number of benzene rings is 2. The second-order valence-corrected chi connectivity index (χ2v) is 8.21. The van der Waals surface area contributed by atoms with Gasteiger partial charge in [-0.2, -0.15) is 10.0 Å². The SMILES string of the molecule is CC(C)[C@@H](O)[C@H](C)C(=O)N1C(=O)O[C@H](c2ccccc2)[C@H](C)N1Cc1ccccc1. The third kappa shape index (κ3) is 4.55. The maximum atomic E-state index is 13.3. The molecule has 2 amide bonds. The topological polar surface area (TPSA) is 70.1 Å². The minimum Gasteiger partial charge on any atom is -0.438 e. The Morgan fingerprint density at radius 3 is 2.17 bits per heavy atom. The number of hydrogen-bond donors (Lipinski definition) is 1. The van der Waals surface area contributed by atoms with E-state index in [2.05, 4.69) is 0 Å². The van der Waals surface area contributed by atoms with Crippen LogP contribution in [0.25, 0.3) is 0 Å². The van der Waals surface area contributed by atoms with E-state index < -0.39 is 30.1 Å². The highest BCUT2D eigenvalue weighted by molar-refractivity contribution is 5.93. The zero-order valence-electron chi connectivity index (χ0n) is 17.9. The molecule has 1 fully saturated rings. The fourth-order valence-electron chi connectivity index (χ4n) is 3.81. The average molecular weight is 411 g/mol. The van der Waals surface area contributed by atoms with Gasteiger partial charge in [0.2, 0.25) is 0 Å². The molecule has 6 nitrogen and oxygen atoms in total. The number of carbonyl (C=O) groups excluding carboxylic acids is 2. The molecule has 1 aliphatic heterocycles. The molecule has 1 N–H and O–H groups in total. The van der Waals surface area contributed by atoms with E-state index in [1.807, 2.05) is 81.4 Å². The lowest BCUT2D eigenvalue weighted by atomic mass is 9.94. The van der Waals surface area contributed by atoms with E-state index in [4.69, 9.17) is 4.74 Å². The maximum absolute atomic E-state index is 13.3. The van der Waals surface area contributed by atoms with Gasteiger partial charge in [0.25, 0.3) is 5.91 Å². The predicted octanol–water partition coefficient (Wildman–Crippen LogP) is 4.17. The Hall–Kier alpha value is -2.70. The standard InChI is InChI=1S/C24H30N2O4/c1-16(2)21(27)17(3)23(28)26-24(29)30-22(20-13-9-6-10-14-20)18(4)25(26)15-19-11-7-5-8-12-19/h5-14,16-18,21-22,27H,15H2,1-4H3/t17-,18-,21+,22-/m0/s1. The lowest BCUT2D eigenvalue weighted by molar-refractivity contribution is -0.177. The first-order chi connectivity index (χ1) is 14.3. The van der Waals surface area contributed by atoms with Crippen molar-refractivity contribution in [2.45, 2.75) is 52.5 Å². The van der Waals surface area contributed by atoms with Gasteiger partial charge < -0.3 is 9.84 Å². The molecule has 1 aliphatic rings. The molecule has 160 valence electrons. The zero-order chi connectivity index (χ0) is 21.8. The van der Waals surface area contributed by atoms with Crippen LogP contribution >= 0.6 is 0 Å².